The van der Waals surface area contributed by atoms with E-state index in [0.717, 1.165) is 29.3 Å². The SMILES string of the molecule is CNc1cc(-c2ccccc2)nc(CC(C)(C)C)n1. The fourth-order valence-electron chi connectivity index (χ4n) is 1.94. The fraction of sp³-hybridized carbons (Fsp3) is 0.375. The van der Waals surface area contributed by atoms with E-state index >= 15 is 0 Å². The fourth-order valence-corrected chi connectivity index (χ4v) is 1.94. The molecule has 100 valence electrons. The average Bonchev–Trinajstić information content (AvgIpc) is 2.37. The van der Waals surface area contributed by atoms with E-state index in [-0.39, 0.29) is 5.41 Å². The van der Waals surface area contributed by atoms with Gasteiger partial charge in [-0.1, -0.05) is 51.1 Å². The quantitative estimate of drug-likeness (QED) is 0.907. The van der Waals surface area contributed by atoms with Gasteiger partial charge in [-0.3, -0.25) is 0 Å². The number of nitrogens with zero attached hydrogens (tertiary/aromatic N) is 2. The molecule has 0 radical (unpaired) electrons. The third-order valence-electron chi connectivity index (χ3n) is 2.79. The van der Waals surface area contributed by atoms with Crippen molar-refractivity contribution in [1.29, 1.82) is 0 Å². The molecule has 0 saturated heterocycles. The summed E-state index contributed by atoms with van der Waals surface area (Å²) in [4.78, 5) is 9.23. The summed E-state index contributed by atoms with van der Waals surface area (Å²) in [5.74, 6) is 1.76. The van der Waals surface area contributed by atoms with E-state index in [1.54, 1.807) is 0 Å². The highest BCUT2D eigenvalue weighted by Crippen LogP contribution is 2.23. The molecule has 3 heteroatoms. The van der Waals surface area contributed by atoms with Crippen LogP contribution >= 0.6 is 0 Å². The zero-order valence-corrected chi connectivity index (χ0v) is 12.1. The van der Waals surface area contributed by atoms with E-state index < -0.39 is 0 Å². The van der Waals surface area contributed by atoms with E-state index in [0.29, 0.717) is 0 Å². The molecule has 0 aliphatic carbocycles. The van der Waals surface area contributed by atoms with Crippen LogP contribution in [0.1, 0.15) is 26.6 Å². The molecule has 0 aliphatic heterocycles. The third-order valence-corrected chi connectivity index (χ3v) is 2.79. The maximum Gasteiger partial charge on any atom is 0.131 e. The van der Waals surface area contributed by atoms with Gasteiger partial charge < -0.3 is 5.32 Å². The van der Waals surface area contributed by atoms with Gasteiger partial charge in [-0.2, -0.15) is 0 Å². The summed E-state index contributed by atoms with van der Waals surface area (Å²) >= 11 is 0. The molecule has 1 N–H and O–H groups in total. The van der Waals surface area contributed by atoms with Gasteiger partial charge >= 0.3 is 0 Å². The molecule has 1 aromatic heterocycles. The van der Waals surface area contributed by atoms with Crippen LogP contribution in [-0.2, 0) is 6.42 Å². The first-order chi connectivity index (χ1) is 8.98. The van der Waals surface area contributed by atoms with Crippen LogP contribution in [-0.4, -0.2) is 17.0 Å². The lowest BCUT2D eigenvalue weighted by atomic mass is 9.92. The second kappa shape index (κ2) is 5.39. The standard InChI is InChI=1S/C16H21N3/c1-16(2,3)11-15-18-13(10-14(17-4)19-15)12-8-6-5-7-9-12/h5-10H,11H2,1-4H3,(H,17,18,19). The molecule has 1 heterocycles. The molecule has 0 saturated carbocycles. The Morgan fingerprint density at radius 2 is 1.74 bits per heavy atom. The topological polar surface area (TPSA) is 37.8 Å². The van der Waals surface area contributed by atoms with Crippen LogP contribution in [0.15, 0.2) is 36.4 Å². The van der Waals surface area contributed by atoms with E-state index in [9.17, 15) is 0 Å². The van der Waals surface area contributed by atoms with Crippen LogP contribution in [0, 0.1) is 5.41 Å². The number of hydrogen-bond acceptors (Lipinski definition) is 3. The Bertz CT molecular complexity index is 542. The van der Waals surface area contributed by atoms with E-state index in [4.69, 9.17) is 0 Å². The van der Waals surface area contributed by atoms with Crippen molar-refractivity contribution in [1.82, 2.24) is 9.97 Å². The zero-order valence-electron chi connectivity index (χ0n) is 12.1. The molecule has 1 aromatic carbocycles. The first kappa shape index (κ1) is 13.5. The molecule has 0 amide bonds. The lowest BCUT2D eigenvalue weighted by Gasteiger charge is -2.17. The number of nitrogens with one attached hydrogen (secondary N) is 1. The van der Waals surface area contributed by atoms with Crippen LogP contribution in [0.3, 0.4) is 0 Å². The highest BCUT2D eigenvalue weighted by atomic mass is 15.0. The van der Waals surface area contributed by atoms with Crippen LogP contribution in [0.4, 0.5) is 5.82 Å². The number of anilines is 1. The largest absolute Gasteiger partial charge is 0.373 e. The van der Waals surface area contributed by atoms with E-state index in [1.807, 2.05) is 31.3 Å². The molecule has 3 nitrogen and oxygen atoms in total. The van der Waals surface area contributed by atoms with Gasteiger partial charge in [0, 0.05) is 25.1 Å². The molecule has 0 bridgehead atoms. The molecule has 19 heavy (non-hydrogen) atoms. The number of rotatable bonds is 3. The summed E-state index contributed by atoms with van der Waals surface area (Å²) in [5.41, 5.74) is 2.27. The van der Waals surface area contributed by atoms with Crippen molar-refractivity contribution in [3.63, 3.8) is 0 Å². The van der Waals surface area contributed by atoms with Crippen LogP contribution in [0.5, 0.6) is 0 Å². The maximum absolute atomic E-state index is 4.69. The van der Waals surface area contributed by atoms with E-state index in [2.05, 4.69) is 48.2 Å². The summed E-state index contributed by atoms with van der Waals surface area (Å²) in [6.45, 7) is 6.60. The smallest absolute Gasteiger partial charge is 0.131 e. The minimum Gasteiger partial charge on any atom is -0.373 e. The van der Waals surface area contributed by atoms with Crippen molar-refractivity contribution < 1.29 is 0 Å². The molecule has 2 aromatic rings. The van der Waals surface area contributed by atoms with Gasteiger partial charge in [-0.15, -0.1) is 0 Å². The number of hydrogen-bond donors (Lipinski definition) is 1. The van der Waals surface area contributed by atoms with Crippen LogP contribution < -0.4 is 5.32 Å². The van der Waals surface area contributed by atoms with Gasteiger partial charge in [0.05, 0.1) is 5.69 Å². The second-order valence-corrected chi connectivity index (χ2v) is 5.91. The van der Waals surface area contributed by atoms with E-state index in [1.165, 1.54) is 0 Å². The average molecular weight is 255 g/mol. The molecule has 0 unspecified atom stereocenters. The van der Waals surface area contributed by atoms with Gasteiger partial charge in [-0.25, -0.2) is 9.97 Å². The highest BCUT2D eigenvalue weighted by Gasteiger charge is 2.15. The first-order valence-corrected chi connectivity index (χ1v) is 6.59. The van der Waals surface area contributed by atoms with Gasteiger partial charge in [0.15, 0.2) is 0 Å². The highest BCUT2D eigenvalue weighted by molar-refractivity contribution is 5.62. The monoisotopic (exact) mass is 255 g/mol. The Kier molecular flexibility index (Phi) is 3.84. The van der Waals surface area contributed by atoms with Gasteiger partial charge in [0.2, 0.25) is 0 Å². The summed E-state index contributed by atoms with van der Waals surface area (Å²) in [7, 11) is 1.89. The first-order valence-electron chi connectivity index (χ1n) is 6.59. The minimum atomic E-state index is 0.181. The Labute approximate surface area is 115 Å². The Hall–Kier alpha value is -1.90. The van der Waals surface area contributed by atoms with Gasteiger partial charge in [0.25, 0.3) is 0 Å². The Balaban J connectivity index is 2.42. The molecule has 0 spiro atoms. The molecule has 0 atom stereocenters. The predicted molar refractivity (Wildman–Crippen MR) is 80.2 cm³/mol. The number of benzene rings is 1. The Morgan fingerprint density at radius 3 is 2.32 bits per heavy atom. The third kappa shape index (κ3) is 3.78. The van der Waals surface area contributed by atoms with Gasteiger partial charge in [-0.05, 0) is 5.41 Å². The van der Waals surface area contributed by atoms with Crippen molar-refractivity contribution >= 4 is 5.82 Å². The molecular formula is C16H21N3. The summed E-state index contributed by atoms with van der Waals surface area (Å²) in [6, 6.07) is 12.2. The summed E-state index contributed by atoms with van der Waals surface area (Å²) in [6.07, 6.45) is 0.863. The summed E-state index contributed by atoms with van der Waals surface area (Å²) < 4.78 is 0. The Morgan fingerprint density at radius 1 is 1.05 bits per heavy atom. The summed E-state index contributed by atoms with van der Waals surface area (Å²) in [5, 5.41) is 3.11. The van der Waals surface area contributed by atoms with Crippen molar-refractivity contribution in [2.75, 3.05) is 12.4 Å². The van der Waals surface area contributed by atoms with Crippen molar-refractivity contribution in [2.45, 2.75) is 27.2 Å². The molecular weight excluding hydrogens is 234 g/mol. The van der Waals surface area contributed by atoms with Gasteiger partial charge in [0.1, 0.15) is 11.6 Å². The molecule has 0 fully saturated rings. The predicted octanol–water partition coefficient (Wildman–Crippen LogP) is 3.77. The molecule has 0 aliphatic rings. The lowest BCUT2D eigenvalue weighted by molar-refractivity contribution is 0.401. The van der Waals surface area contributed by atoms with Crippen LogP contribution in [0.25, 0.3) is 11.3 Å². The van der Waals surface area contributed by atoms with Crippen molar-refractivity contribution in [2.24, 2.45) is 5.41 Å². The van der Waals surface area contributed by atoms with Crippen LogP contribution in [0.2, 0.25) is 0 Å². The number of aromatic nitrogens is 2. The van der Waals surface area contributed by atoms with Crippen molar-refractivity contribution in [3.05, 3.63) is 42.2 Å². The zero-order chi connectivity index (χ0) is 13.9. The molecule has 2 rings (SSSR count). The normalized spacial score (nSPS) is 11.4. The lowest BCUT2D eigenvalue weighted by Crippen LogP contribution is -2.13. The maximum atomic E-state index is 4.69. The second-order valence-electron chi connectivity index (χ2n) is 5.91. The minimum absolute atomic E-state index is 0.181. The van der Waals surface area contributed by atoms with Crippen molar-refractivity contribution in [3.8, 4) is 11.3 Å².